The number of nitrogens with two attached hydrogens (primary N) is 1. The molecule has 2 heterocycles. The first-order valence-electron chi connectivity index (χ1n) is 13.1. The summed E-state index contributed by atoms with van der Waals surface area (Å²) in [7, 11) is 0. The number of nitrogens with zero attached hydrogens (tertiary/aromatic N) is 2. The van der Waals surface area contributed by atoms with Crippen LogP contribution in [0.3, 0.4) is 0 Å². The van der Waals surface area contributed by atoms with E-state index in [4.69, 9.17) is 14.9 Å². The molecule has 1 saturated heterocycles. The number of rotatable bonds is 9. The molecule has 1 aliphatic heterocycles. The van der Waals surface area contributed by atoms with E-state index >= 15 is 0 Å². The summed E-state index contributed by atoms with van der Waals surface area (Å²) >= 11 is 0. The average molecular weight is 597 g/mol. The van der Waals surface area contributed by atoms with E-state index < -0.39 is 54.1 Å². The zero-order valence-corrected chi connectivity index (χ0v) is 21.8. The number of hydrogen-bond acceptors (Lipinski definition) is 5. The molecule has 5 N–H and O–H groups in total. The number of carbonyl (C=O) groups excluding carboxylic acids is 2. The largest absolute Gasteiger partial charge is 0.410 e. The van der Waals surface area contributed by atoms with Crippen LogP contribution in [-0.4, -0.2) is 77.3 Å². The molecule has 9 nitrogen and oxygen atoms in total. The van der Waals surface area contributed by atoms with E-state index in [1.54, 1.807) is 0 Å². The number of aromatic amines is 1. The molecule has 3 amide bonds. The molecule has 4 aliphatic rings. The summed E-state index contributed by atoms with van der Waals surface area (Å²) in [6.07, 6.45) is -0.947. The fourth-order valence-electron chi connectivity index (χ4n) is 5.73. The number of hydrogen-bond donors (Lipinski definition) is 4. The van der Waals surface area contributed by atoms with Crippen LogP contribution >= 0.6 is 0 Å². The highest BCUT2D eigenvalue weighted by Gasteiger charge is 2.86. The van der Waals surface area contributed by atoms with Gasteiger partial charge in [0.25, 0.3) is 5.92 Å². The van der Waals surface area contributed by atoms with Crippen molar-refractivity contribution in [2.24, 2.45) is 23.0 Å². The van der Waals surface area contributed by atoms with Gasteiger partial charge in [-0.25, -0.2) is 27.3 Å². The zero-order valence-electron chi connectivity index (χ0n) is 21.8. The third-order valence-corrected chi connectivity index (χ3v) is 8.29. The summed E-state index contributed by atoms with van der Waals surface area (Å²) in [5, 5.41) is 9.47. The molecule has 0 bridgehead atoms. The van der Waals surface area contributed by atoms with Crippen LogP contribution in [0.1, 0.15) is 56.1 Å². The van der Waals surface area contributed by atoms with Gasteiger partial charge in [-0.05, 0) is 43.3 Å². The van der Waals surface area contributed by atoms with E-state index in [1.165, 1.54) is 12.3 Å². The summed E-state index contributed by atoms with van der Waals surface area (Å²) in [6, 6.07) is -2.92. The fourth-order valence-corrected chi connectivity index (χ4v) is 5.73. The van der Waals surface area contributed by atoms with E-state index in [1.807, 2.05) is 5.32 Å². The standard InChI is InChI=1S/C24H28F7N5O2.CH3NO/c25-22(26)3-1-14(2-4-22)19(38-12-16-21(5-6-21)23(16,27)28)15-9-33-18(34-15)7-13(8-32)10-36-11-17(24(29,30)31)35-20(36)37;2-1-3/h7-9,14,16-17,19,32H,1-6,10-12H2,(H,33,34)(H,35,37);1H,(H2,2,3)/b13-7+,32-8?;/t16?,17-,19?;/m0./s1. The van der Waals surface area contributed by atoms with Crippen LogP contribution in [0, 0.1) is 22.7 Å². The molecule has 5 rings (SSSR count). The molecule has 4 fully saturated rings. The highest BCUT2D eigenvalue weighted by atomic mass is 19.4. The fraction of sp³-hybridized carbons (Fsp3) is 0.680. The molecular formula is C25H31F7N6O3. The minimum Gasteiger partial charge on any atom is -0.372 e. The number of ether oxygens (including phenoxy) is 1. The highest BCUT2D eigenvalue weighted by Crippen LogP contribution is 2.79. The Balaban J connectivity index is 0.00000124. The van der Waals surface area contributed by atoms with Crippen LogP contribution in [0.15, 0.2) is 11.8 Å². The number of urea groups is 1. The van der Waals surface area contributed by atoms with E-state index in [-0.39, 0.29) is 62.6 Å². The molecule has 1 spiro atoms. The summed E-state index contributed by atoms with van der Waals surface area (Å²) in [5.74, 6) is -6.61. The number of imidazole rings is 1. The maximum atomic E-state index is 14.2. The van der Waals surface area contributed by atoms with Gasteiger partial charge in [-0.2, -0.15) is 13.2 Å². The first-order valence-corrected chi connectivity index (χ1v) is 13.1. The van der Waals surface area contributed by atoms with Crippen LogP contribution in [-0.2, 0) is 9.53 Å². The van der Waals surface area contributed by atoms with Crippen molar-refractivity contribution in [3.8, 4) is 0 Å². The van der Waals surface area contributed by atoms with E-state index in [0.29, 0.717) is 18.5 Å². The third-order valence-electron chi connectivity index (χ3n) is 8.29. The second-order valence-corrected chi connectivity index (χ2v) is 10.9. The number of nitrogens with one attached hydrogen (secondary N) is 3. The van der Waals surface area contributed by atoms with Crippen molar-refractivity contribution in [3.63, 3.8) is 0 Å². The molecule has 3 aliphatic carbocycles. The van der Waals surface area contributed by atoms with Crippen molar-refractivity contribution in [1.82, 2.24) is 20.2 Å². The van der Waals surface area contributed by atoms with E-state index in [2.05, 4.69) is 15.7 Å². The number of aromatic nitrogens is 2. The molecule has 228 valence electrons. The molecule has 0 aromatic carbocycles. The first kappa shape index (κ1) is 30.8. The molecule has 3 saturated carbocycles. The minimum absolute atomic E-state index is 0.143. The Morgan fingerprint density at radius 1 is 1.22 bits per heavy atom. The lowest BCUT2D eigenvalue weighted by atomic mass is 9.82. The minimum atomic E-state index is -4.60. The van der Waals surface area contributed by atoms with Crippen LogP contribution in [0.25, 0.3) is 6.08 Å². The van der Waals surface area contributed by atoms with Crippen molar-refractivity contribution in [2.75, 3.05) is 19.7 Å². The van der Waals surface area contributed by atoms with E-state index in [9.17, 15) is 35.5 Å². The van der Waals surface area contributed by atoms with Gasteiger partial charge in [0.2, 0.25) is 12.3 Å². The Morgan fingerprint density at radius 2 is 1.85 bits per heavy atom. The van der Waals surface area contributed by atoms with Gasteiger partial charge in [0.15, 0.2) is 0 Å². The van der Waals surface area contributed by atoms with Crippen molar-refractivity contribution < 1.29 is 45.1 Å². The van der Waals surface area contributed by atoms with Crippen molar-refractivity contribution >= 4 is 24.7 Å². The third kappa shape index (κ3) is 6.51. The normalized spacial score (nSPS) is 27.0. The Bertz CT molecular complexity index is 1150. The van der Waals surface area contributed by atoms with Gasteiger partial charge in [-0.1, -0.05) is 0 Å². The number of primary amides is 1. The molecule has 1 aromatic rings. The Hall–Kier alpha value is -3.17. The lowest BCUT2D eigenvalue weighted by Gasteiger charge is -2.33. The predicted octanol–water partition coefficient (Wildman–Crippen LogP) is 4.43. The van der Waals surface area contributed by atoms with E-state index in [0.717, 1.165) is 11.1 Å². The Kier molecular flexibility index (Phi) is 8.45. The first-order chi connectivity index (χ1) is 19.2. The topological polar surface area (TPSA) is 137 Å². The zero-order chi connectivity index (χ0) is 30.2. The van der Waals surface area contributed by atoms with Gasteiger partial charge in [0, 0.05) is 31.0 Å². The highest BCUT2D eigenvalue weighted by molar-refractivity contribution is 5.85. The molecule has 1 aromatic heterocycles. The molecule has 0 radical (unpaired) electrons. The average Bonchev–Trinajstić information content (AvgIpc) is 3.60. The number of alkyl halides is 7. The van der Waals surface area contributed by atoms with Crippen LogP contribution in [0.5, 0.6) is 0 Å². The Labute approximate surface area is 230 Å². The second kappa shape index (κ2) is 11.2. The lowest BCUT2D eigenvalue weighted by Crippen LogP contribution is -2.40. The summed E-state index contributed by atoms with van der Waals surface area (Å²) < 4.78 is 101. The van der Waals surface area contributed by atoms with Crippen molar-refractivity contribution in [1.29, 1.82) is 5.41 Å². The van der Waals surface area contributed by atoms with Crippen LogP contribution < -0.4 is 11.1 Å². The van der Waals surface area contributed by atoms with Gasteiger partial charge < -0.3 is 31.1 Å². The smallest absolute Gasteiger partial charge is 0.372 e. The summed E-state index contributed by atoms with van der Waals surface area (Å²) in [5.41, 5.74) is 3.78. The van der Waals surface area contributed by atoms with Crippen LogP contribution in [0.4, 0.5) is 35.5 Å². The number of H-pyrrole nitrogens is 1. The van der Waals surface area contributed by atoms with Gasteiger partial charge in [-0.3, -0.25) is 4.79 Å². The number of carbonyl (C=O) groups is 2. The summed E-state index contributed by atoms with van der Waals surface area (Å²) in [4.78, 5) is 28.6. The summed E-state index contributed by atoms with van der Waals surface area (Å²) in [6.45, 7) is -1.08. The number of halogens is 7. The number of amides is 3. The van der Waals surface area contributed by atoms with Gasteiger partial charge in [0.1, 0.15) is 18.0 Å². The SMILES string of the molecule is N=C/C(=C\c1ncc(C(OCC2C(F)(F)C23CC3)C2CCC(F)(F)CC2)[nH]1)CN1C[C@@H](C(F)(F)F)NC1=O.NC=O. The molecule has 16 heteroatoms. The second-order valence-electron chi connectivity index (χ2n) is 10.9. The molecule has 41 heavy (non-hydrogen) atoms. The maximum absolute atomic E-state index is 14.2. The predicted molar refractivity (Wildman–Crippen MR) is 131 cm³/mol. The van der Waals surface area contributed by atoms with Crippen LogP contribution in [0.2, 0.25) is 0 Å². The maximum Gasteiger partial charge on any atom is 0.410 e. The Morgan fingerprint density at radius 3 is 2.37 bits per heavy atom. The van der Waals surface area contributed by atoms with Gasteiger partial charge in [0.05, 0.1) is 31.0 Å². The van der Waals surface area contributed by atoms with Gasteiger partial charge in [-0.15, -0.1) is 0 Å². The monoisotopic (exact) mass is 596 g/mol. The quantitative estimate of drug-likeness (QED) is 0.191. The molecule has 3 atom stereocenters. The van der Waals surface area contributed by atoms with Crippen molar-refractivity contribution in [3.05, 3.63) is 23.3 Å². The molecular weight excluding hydrogens is 565 g/mol. The lowest BCUT2D eigenvalue weighted by molar-refractivity contribution is -0.149. The molecule has 2 unspecified atom stereocenters. The van der Waals surface area contributed by atoms with Crippen molar-refractivity contribution in [2.45, 2.75) is 68.7 Å². The van der Waals surface area contributed by atoms with Gasteiger partial charge >= 0.3 is 12.2 Å².